The van der Waals surface area contributed by atoms with E-state index in [9.17, 15) is 0 Å². The van der Waals surface area contributed by atoms with Crippen molar-refractivity contribution in [3.8, 4) is 0 Å². The summed E-state index contributed by atoms with van der Waals surface area (Å²) in [5.74, 6) is 0.511. The summed E-state index contributed by atoms with van der Waals surface area (Å²) in [6.45, 7) is 14.0. The first-order chi connectivity index (χ1) is 8.26. The largest absolute Gasteiger partial charge is 0.370 e. The summed E-state index contributed by atoms with van der Waals surface area (Å²) >= 11 is 0. The van der Waals surface area contributed by atoms with Crippen molar-refractivity contribution < 1.29 is 0 Å². The van der Waals surface area contributed by atoms with Crippen LogP contribution >= 0.6 is 24.0 Å². The highest BCUT2D eigenvalue weighted by Crippen LogP contribution is 2.00. The second-order valence-electron chi connectivity index (χ2n) is 4.21. The minimum atomic E-state index is 0. The summed E-state index contributed by atoms with van der Waals surface area (Å²) < 4.78 is 0. The molecule has 18 heavy (non-hydrogen) atoms. The van der Waals surface area contributed by atoms with Crippen LogP contribution in [0.5, 0.6) is 0 Å². The lowest BCUT2D eigenvalue weighted by atomic mass is 10.3. The normalized spacial score (nSPS) is 18.2. The minimum Gasteiger partial charge on any atom is -0.370 e. The molecule has 1 heterocycles. The second-order valence-corrected chi connectivity index (χ2v) is 4.21. The maximum absolute atomic E-state index is 5.68. The zero-order valence-electron chi connectivity index (χ0n) is 11.3. The molecule has 106 valence electrons. The van der Waals surface area contributed by atoms with Gasteiger partial charge in [0, 0.05) is 39.3 Å². The maximum atomic E-state index is 5.68. The molecule has 3 N–H and O–H groups in total. The molecule has 1 rings (SSSR count). The number of aliphatic imine (C=N–C) groups is 1. The number of halogens is 1. The first-order valence-electron chi connectivity index (χ1n) is 6.35. The fraction of sp³-hybridized carbons (Fsp3) is 0.750. The van der Waals surface area contributed by atoms with Crippen molar-refractivity contribution in [3.05, 3.63) is 12.7 Å². The highest BCUT2D eigenvalue weighted by molar-refractivity contribution is 14.0. The molecule has 0 atom stereocenters. The number of hydrogen-bond donors (Lipinski definition) is 2. The molecule has 0 saturated carbocycles. The number of piperazine rings is 1. The Bertz CT molecular complexity index is 249. The van der Waals surface area contributed by atoms with Crippen molar-refractivity contribution in [1.29, 1.82) is 0 Å². The molecular weight excluding hydrogens is 341 g/mol. The number of rotatable bonds is 6. The van der Waals surface area contributed by atoms with Crippen LogP contribution in [0.1, 0.15) is 6.92 Å². The first-order valence-corrected chi connectivity index (χ1v) is 6.35. The van der Waals surface area contributed by atoms with Crippen LogP contribution in [-0.4, -0.2) is 68.1 Å². The molecule has 0 radical (unpaired) electrons. The van der Waals surface area contributed by atoms with Gasteiger partial charge in [0.15, 0.2) is 5.96 Å². The summed E-state index contributed by atoms with van der Waals surface area (Å²) in [7, 11) is 0. The zero-order chi connectivity index (χ0) is 12.5. The van der Waals surface area contributed by atoms with Gasteiger partial charge in [0.05, 0.1) is 6.54 Å². The Kier molecular flexibility index (Phi) is 10.4. The molecule has 6 heteroatoms. The van der Waals surface area contributed by atoms with E-state index in [4.69, 9.17) is 5.73 Å². The summed E-state index contributed by atoms with van der Waals surface area (Å²) in [6, 6.07) is 0. The topological polar surface area (TPSA) is 56.9 Å². The Balaban J connectivity index is 0.00000289. The minimum absolute atomic E-state index is 0. The molecule has 0 unspecified atom stereocenters. The van der Waals surface area contributed by atoms with Crippen LogP contribution in [0.2, 0.25) is 0 Å². The van der Waals surface area contributed by atoms with Gasteiger partial charge in [-0.05, 0) is 6.54 Å². The van der Waals surface area contributed by atoms with E-state index in [0.717, 1.165) is 32.7 Å². The third-order valence-electron chi connectivity index (χ3n) is 3.04. The van der Waals surface area contributed by atoms with Gasteiger partial charge in [-0.2, -0.15) is 0 Å². The Morgan fingerprint density at radius 1 is 1.33 bits per heavy atom. The van der Waals surface area contributed by atoms with Crippen molar-refractivity contribution in [3.63, 3.8) is 0 Å². The Labute approximate surface area is 128 Å². The lowest BCUT2D eigenvalue weighted by molar-refractivity contribution is 0.140. The fourth-order valence-electron chi connectivity index (χ4n) is 1.87. The molecule has 0 bridgehead atoms. The van der Waals surface area contributed by atoms with Gasteiger partial charge in [-0.25, -0.2) is 0 Å². The standard InChI is InChI=1S/C12H25N5.HI/c1-3-5-14-12(13)15-6-7-17-10-8-16(4-2)9-11-17;/h3H,1,4-11H2,2H3,(H3,13,14,15);1H. The van der Waals surface area contributed by atoms with Crippen LogP contribution in [0, 0.1) is 0 Å². The number of hydrogen-bond acceptors (Lipinski definition) is 3. The van der Waals surface area contributed by atoms with E-state index < -0.39 is 0 Å². The van der Waals surface area contributed by atoms with Crippen LogP contribution in [0.15, 0.2) is 17.6 Å². The fourth-order valence-corrected chi connectivity index (χ4v) is 1.87. The van der Waals surface area contributed by atoms with Crippen LogP contribution in [-0.2, 0) is 0 Å². The monoisotopic (exact) mass is 367 g/mol. The van der Waals surface area contributed by atoms with Crippen LogP contribution in [0.4, 0.5) is 0 Å². The molecule has 1 saturated heterocycles. The Morgan fingerprint density at radius 2 is 1.94 bits per heavy atom. The molecule has 0 aromatic heterocycles. The lowest BCUT2D eigenvalue weighted by Gasteiger charge is -2.33. The van der Waals surface area contributed by atoms with Crippen molar-refractivity contribution in [1.82, 2.24) is 15.1 Å². The average molecular weight is 367 g/mol. The summed E-state index contributed by atoms with van der Waals surface area (Å²) in [5, 5.41) is 2.97. The van der Waals surface area contributed by atoms with E-state index in [-0.39, 0.29) is 24.0 Å². The molecule has 0 spiro atoms. The van der Waals surface area contributed by atoms with Crippen molar-refractivity contribution in [2.45, 2.75) is 6.92 Å². The SMILES string of the molecule is C=CCNC(N)=NCCN1CCN(CC)CC1.I. The summed E-state index contributed by atoms with van der Waals surface area (Å²) in [6.07, 6.45) is 1.77. The van der Waals surface area contributed by atoms with Crippen molar-refractivity contribution in [2.75, 3.05) is 52.4 Å². The van der Waals surface area contributed by atoms with Gasteiger partial charge in [-0.1, -0.05) is 13.0 Å². The van der Waals surface area contributed by atoms with Crippen molar-refractivity contribution >= 4 is 29.9 Å². The smallest absolute Gasteiger partial charge is 0.188 e. The molecule has 5 nitrogen and oxygen atoms in total. The van der Waals surface area contributed by atoms with E-state index in [2.05, 4.69) is 33.6 Å². The summed E-state index contributed by atoms with van der Waals surface area (Å²) in [5.41, 5.74) is 5.68. The van der Waals surface area contributed by atoms with Gasteiger partial charge in [0.25, 0.3) is 0 Å². The van der Waals surface area contributed by atoms with Gasteiger partial charge in [0.1, 0.15) is 0 Å². The third-order valence-corrected chi connectivity index (χ3v) is 3.04. The Hall–Kier alpha value is -0.340. The average Bonchev–Trinajstić information content (AvgIpc) is 2.37. The highest BCUT2D eigenvalue weighted by atomic mass is 127. The quantitative estimate of drug-likeness (QED) is 0.308. The van der Waals surface area contributed by atoms with Gasteiger partial charge in [0.2, 0.25) is 0 Å². The molecular formula is C12H26IN5. The number of guanidine groups is 1. The molecule has 0 aromatic rings. The number of nitrogens with two attached hydrogens (primary N) is 1. The molecule has 1 fully saturated rings. The third kappa shape index (κ3) is 7.17. The van der Waals surface area contributed by atoms with Gasteiger partial charge in [-0.3, -0.25) is 9.89 Å². The zero-order valence-corrected chi connectivity index (χ0v) is 13.6. The molecule has 0 aromatic carbocycles. The first kappa shape index (κ1) is 17.7. The molecule has 1 aliphatic rings. The summed E-state index contributed by atoms with van der Waals surface area (Å²) in [4.78, 5) is 9.19. The second kappa shape index (κ2) is 10.6. The van der Waals surface area contributed by atoms with E-state index in [1.54, 1.807) is 6.08 Å². The molecule has 0 aliphatic carbocycles. The maximum Gasteiger partial charge on any atom is 0.188 e. The van der Waals surface area contributed by atoms with Crippen molar-refractivity contribution in [2.24, 2.45) is 10.7 Å². The van der Waals surface area contributed by atoms with Gasteiger partial charge >= 0.3 is 0 Å². The molecule has 0 amide bonds. The number of nitrogens with one attached hydrogen (secondary N) is 1. The van der Waals surface area contributed by atoms with Gasteiger partial charge in [-0.15, -0.1) is 30.6 Å². The lowest BCUT2D eigenvalue weighted by Crippen LogP contribution is -2.46. The Morgan fingerprint density at radius 3 is 2.50 bits per heavy atom. The van der Waals surface area contributed by atoms with Crippen LogP contribution in [0.25, 0.3) is 0 Å². The van der Waals surface area contributed by atoms with Crippen LogP contribution in [0.3, 0.4) is 0 Å². The van der Waals surface area contributed by atoms with E-state index in [0.29, 0.717) is 12.5 Å². The van der Waals surface area contributed by atoms with E-state index >= 15 is 0 Å². The predicted molar refractivity (Wildman–Crippen MR) is 88.7 cm³/mol. The number of nitrogens with zero attached hydrogens (tertiary/aromatic N) is 3. The van der Waals surface area contributed by atoms with E-state index in [1.807, 2.05) is 0 Å². The predicted octanol–water partition coefficient (Wildman–Crippen LogP) is 0.332. The van der Waals surface area contributed by atoms with Crippen LogP contribution < -0.4 is 11.1 Å². The number of likely N-dealkylation sites (N-methyl/N-ethyl adjacent to an activating group) is 1. The van der Waals surface area contributed by atoms with Gasteiger partial charge < -0.3 is 16.0 Å². The molecule has 1 aliphatic heterocycles. The van der Waals surface area contributed by atoms with E-state index in [1.165, 1.54) is 13.1 Å². The highest BCUT2D eigenvalue weighted by Gasteiger charge is 2.14.